The molecule has 0 saturated carbocycles. The number of urea groups is 1. The van der Waals surface area contributed by atoms with Gasteiger partial charge in [0, 0.05) is 64.5 Å². The minimum Gasteiger partial charge on any atom is -0.395 e. The van der Waals surface area contributed by atoms with Crippen molar-refractivity contribution >= 4 is 51.2 Å². The first-order chi connectivity index (χ1) is 16.3. The second-order valence-corrected chi connectivity index (χ2v) is 9.88. The SMILES string of the molecule is CC(=O)NCCSSCCNC(=O)NCCC(=O)NCCCCC(NC(C)=O)C(=O)NCCO. The molecule has 0 heterocycles. The van der Waals surface area contributed by atoms with Gasteiger partial charge in [-0.3, -0.25) is 19.2 Å². The largest absolute Gasteiger partial charge is 0.395 e. The van der Waals surface area contributed by atoms with E-state index in [1.807, 2.05) is 0 Å². The maximum absolute atomic E-state index is 12.0. The Kier molecular flexibility index (Phi) is 20.0. The third-order valence-corrected chi connectivity index (χ3v) is 6.51. The molecular weight excluding hydrogens is 484 g/mol. The summed E-state index contributed by atoms with van der Waals surface area (Å²) < 4.78 is 0. The van der Waals surface area contributed by atoms with Crippen molar-refractivity contribution in [2.45, 2.75) is 45.6 Å². The third kappa shape index (κ3) is 20.4. The molecule has 1 unspecified atom stereocenters. The second kappa shape index (κ2) is 21.4. The number of nitrogens with one attached hydrogen (secondary N) is 6. The van der Waals surface area contributed by atoms with E-state index in [2.05, 4.69) is 31.9 Å². The van der Waals surface area contributed by atoms with Crippen LogP contribution in [0, 0.1) is 0 Å². The summed E-state index contributed by atoms with van der Waals surface area (Å²) in [5.74, 6) is 0.616. The van der Waals surface area contributed by atoms with Crippen LogP contribution in [0.25, 0.3) is 0 Å². The average Bonchev–Trinajstić information content (AvgIpc) is 2.77. The minimum absolute atomic E-state index is 0.0498. The third-order valence-electron chi connectivity index (χ3n) is 4.10. The highest BCUT2D eigenvalue weighted by Gasteiger charge is 2.18. The van der Waals surface area contributed by atoms with Crippen molar-refractivity contribution < 1.29 is 29.1 Å². The number of aliphatic hydroxyl groups is 1. The Morgan fingerprint density at radius 1 is 0.735 bits per heavy atom. The Labute approximate surface area is 208 Å². The lowest BCUT2D eigenvalue weighted by molar-refractivity contribution is -0.128. The quantitative estimate of drug-likeness (QED) is 0.0842. The number of aliphatic hydroxyl groups excluding tert-OH is 1. The highest BCUT2D eigenvalue weighted by Crippen LogP contribution is 2.19. The molecule has 0 aromatic rings. The lowest BCUT2D eigenvalue weighted by atomic mass is 10.1. The number of hydrogen-bond acceptors (Lipinski definition) is 8. The summed E-state index contributed by atoms with van der Waals surface area (Å²) >= 11 is 0. The average molecular weight is 523 g/mol. The molecule has 34 heavy (non-hydrogen) atoms. The van der Waals surface area contributed by atoms with Gasteiger partial charge in [0.25, 0.3) is 0 Å². The molecule has 6 amide bonds. The van der Waals surface area contributed by atoms with Crippen molar-refractivity contribution in [3.05, 3.63) is 0 Å². The molecular formula is C20H38N6O6S2. The lowest BCUT2D eigenvalue weighted by Gasteiger charge is -2.17. The Morgan fingerprint density at radius 3 is 2.00 bits per heavy atom. The first-order valence-electron chi connectivity index (χ1n) is 11.2. The van der Waals surface area contributed by atoms with Crippen LogP contribution in [0.2, 0.25) is 0 Å². The van der Waals surface area contributed by atoms with Crippen LogP contribution in [0.5, 0.6) is 0 Å². The van der Waals surface area contributed by atoms with Crippen LogP contribution in [0.1, 0.15) is 39.5 Å². The maximum Gasteiger partial charge on any atom is 0.314 e. The molecule has 0 fully saturated rings. The monoisotopic (exact) mass is 522 g/mol. The van der Waals surface area contributed by atoms with E-state index >= 15 is 0 Å². The zero-order valence-corrected chi connectivity index (χ0v) is 21.5. The molecule has 0 aromatic carbocycles. The van der Waals surface area contributed by atoms with E-state index in [0.717, 1.165) is 11.5 Å². The molecule has 0 radical (unpaired) electrons. The topological polar surface area (TPSA) is 178 Å². The number of rotatable bonds is 19. The van der Waals surface area contributed by atoms with E-state index in [1.54, 1.807) is 21.6 Å². The smallest absolute Gasteiger partial charge is 0.314 e. The van der Waals surface area contributed by atoms with Crippen molar-refractivity contribution in [1.29, 1.82) is 0 Å². The van der Waals surface area contributed by atoms with Gasteiger partial charge in [0.1, 0.15) is 6.04 Å². The van der Waals surface area contributed by atoms with E-state index in [-0.39, 0.29) is 55.8 Å². The summed E-state index contributed by atoms with van der Waals surface area (Å²) in [5.41, 5.74) is 0. The van der Waals surface area contributed by atoms with Gasteiger partial charge < -0.3 is 37.0 Å². The first-order valence-corrected chi connectivity index (χ1v) is 13.7. The van der Waals surface area contributed by atoms with Crippen molar-refractivity contribution in [3.63, 3.8) is 0 Å². The number of carbonyl (C=O) groups excluding carboxylic acids is 5. The van der Waals surface area contributed by atoms with Crippen molar-refractivity contribution in [2.75, 3.05) is 50.8 Å². The molecule has 0 rings (SSSR count). The van der Waals surface area contributed by atoms with Gasteiger partial charge in [-0.2, -0.15) is 0 Å². The van der Waals surface area contributed by atoms with Crippen molar-refractivity contribution in [1.82, 2.24) is 31.9 Å². The molecule has 0 aliphatic heterocycles. The fourth-order valence-electron chi connectivity index (χ4n) is 2.55. The van der Waals surface area contributed by atoms with Crippen LogP contribution in [0.15, 0.2) is 0 Å². The molecule has 7 N–H and O–H groups in total. The van der Waals surface area contributed by atoms with E-state index in [0.29, 0.717) is 38.9 Å². The number of carbonyl (C=O) groups is 5. The fraction of sp³-hybridized carbons (Fsp3) is 0.750. The normalized spacial score (nSPS) is 11.1. The number of hydrogen-bond donors (Lipinski definition) is 7. The van der Waals surface area contributed by atoms with E-state index in [9.17, 15) is 24.0 Å². The summed E-state index contributed by atoms with van der Waals surface area (Å²) in [6.07, 6.45) is 1.81. The Morgan fingerprint density at radius 2 is 1.38 bits per heavy atom. The second-order valence-electron chi connectivity index (χ2n) is 7.17. The zero-order valence-electron chi connectivity index (χ0n) is 19.9. The fourth-order valence-corrected chi connectivity index (χ4v) is 4.36. The molecule has 0 aromatic heterocycles. The van der Waals surface area contributed by atoms with E-state index < -0.39 is 6.04 Å². The molecule has 196 valence electrons. The van der Waals surface area contributed by atoms with Crippen LogP contribution in [0.4, 0.5) is 4.79 Å². The molecule has 0 aliphatic rings. The minimum atomic E-state index is -0.678. The van der Waals surface area contributed by atoms with Crippen molar-refractivity contribution in [2.24, 2.45) is 0 Å². The van der Waals surface area contributed by atoms with Crippen molar-refractivity contribution in [3.8, 4) is 0 Å². The predicted molar refractivity (Wildman–Crippen MR) is 134 cm³/mol. The van der Waals surface area contributed by atoms with Gasteiger partial charge in [0.05, 0.1) is 6.61 Å². The summed E-state index contributed by atoms with van der Waals surface area (Å²) in [5, 5.41) is 24.7. The molecule has 14 heteroatoms. The highest BCUT2D eigenvalue weighted by molar-refractivity contribution is 8.76. The van der Waals surface area contributed by atoms with Gasteiger partial charge in [-0.05, 0) is 19.3 Å². The van der Waals surface area contributed by atoms with Crippen LogP contribution in [-0.2, 0) is 19.2 Å². The van der Waals surface area contributed by atoms with Crippen LogP contribution in [-0.4, -0.2) is 91.6 Å². The summed E-state index contributed by atoms with van der Waals surface area (Å²) in [4.78, 5) is 57.5. The summed E-state index contributed by atoms with van der Waals surface area (Å²) in [6.45, 7) is 4.49. The van der Waals surface area contributed by atoms with Crippen LogP contribution < -0.4 is 31.9 Å². The summed E-state index contributed by atoms with van der Waals surface area (Å²) in [7, 11) is 3.22. The lowest BCUT2D eigenvalue weighted by Crippen LogP contribution is -2.46. The molecule has 0 saturated heterocycles. The number of unbranched alkanes of at least 4 members (excludes halogenated alkanes) is 1. The maximum atomic E-state index is 12.0. The van der Waals surface area contributed by atoms with E-state index in [1.165, 1.54) is 13.8 Å². The van der Waals surface area contributed by atoms with Crippen LogP contribution in [0.3, 0.4) is 0 Å². The van der Waals surface area contributed by atoms with Crippen LogP contribution >= 0.6 is 21.6 Å². The predicted octanol–water partition coefficient (Wildman–Crippen LogP) is -0.907. The molecule has 0 aliphatic carbocycles. The van der Waals surface area contributed by atoms with Gasteiger partial charge >= 0.3 is 6.03 Å². The van der Waals surface area contributed by atoms with Gasteiger partial charge in [-0.25, -0.2) is 4.79 Å². The van der Waals surface area contributed by atoms with E-state index in [4.69, 9.17) is 5.11 Å². The Bertz CT molecular complexity index is 641. The zero-order chi connectivity index (χ0) is 25.6. The standard InChI is InChI=1S/C20H38N6O6S2/c1-15(28)21-10-13-33-34-14-11-25-20(32)24-8-6-18(30)22-7-4-3-5-17(26-16(2)29)19(31)23-9-12-27/h17,27H,3-14H2,1-2H3,(H,21,28)(H,22,30)(H,23,31)(H,26,29)(H2,24,25,32). The molecule has 1 atom stereocenters. The van der Waals surface area contributed by atoms with Gasteiger partial charge in [0.2, 0.25) is 23.6 Å². The molecule has 12 nitrogen and oxygen atoms in total. The molecule has 0 spiro atoms. The highest BCUT2D eigenvalue weighted by atomic mass is 33.1. The van der Waals surface area contributed by atoms with Gasteiger partial charge in [0.15, 0.2) is 0 Å². The number of amides is 6. The van der Waals surface area contributed by atoms with Gasteiger partial charge in [-0.15, -0.1) is 0 Å². The molecule has 0 bridgehead atoms. The Hall–Kier alpha value is -2.19. The Balaban J connectivity index is 3.75. The first kappa shape index (κ1) is 31.8. The van der Waals surface area contributed by atoms with Gasteiger partial charge in [-0.1, -0.05) is 21.6 Å². The summed E-state index contributed by atoms with van der Waals surface area (Å²) in [6, 6.07) is -1.01.